The number of carbonyl (C=O) groups excluding carboxylic acids is 9. The quantitative estimate of drug-likeness (QED) is 0.0233. The highest BCUT2D eigenvalue weighted by molar-refractivity contribution is 6.30. The number of benzene rings is 5. The molecule has 0 aliphatic heterocycles. The van der Waals surface area contributed by atoms with Gasteiger partial charge in [-0.15, -0.1) is 0 Å². The normalized spacial score (nSPS) is 24.8. The predicted octanol–water partition coefficient (Wildman–Crippen LogP) is 11.3. The van der Waals surface area contributed by atoms with Crippen LogP contribution in [-0.2, 0) is 58.9 Å². The van der Waals surface area contributed by atoms with E-state index >= 15 is 9.59 Å². The smallest absolute Gasteiger partial charge is 0.350 e. The lowest BCUT2D eigenvalue weighted by Gasteiger charge is -2.68. The van der Waals surface area contributed by atoms with Crippen LogP contribution in [0.3, 0.4) is 0 Å². The van der Waals surface area contributed by atoms with Crippen LogP contribution >= 0.6 is 11.6 Å². The van der Waals surface area contributed by atoms with E-state index in [4.69, 9.17) is 40.0 Å². The number of unbranched alkanes of at least 4 members (excludes halogenated alkanes) is 2. The highest BCUT2D eigenvalue weighted by Crippen LogP contribution is 2.68. The van der Waals surface area contributed by atoms with Crippen molar-refractivity contribution in [3.8, 4) is 5.75 Å². The van der Waals surface area contributed by atoms with E-state index < -0.39 is 131 Å². The van der Waals surface area contributed by atoms with E-state index in [1.54, 1.807) is 168 Å². The molecule has 1 heterocycles. The van der Waals surface area contributed by atoms with Crippen molar-refractivity contribution in [2.45, 2.75) is 161 Å². The molecule has 0 spiro atoms. The highest BCUT2D eigenvalue weighted by Gasteiger charge is 2.76. The number of esters is 5. The largest absolute Gasteiger partial charge is 0.497 e. The first-order valence-electron chi connectivity index (χ1n) is 32.3. The van der Waals surface area contributed by atoms with Crippen LogP contribution in [0.2, 0.25) is 5.02 Å². The molecule has 6 aromatic rings. The lowest BCUT2D eigenvalue weighted by molar-refractivity contribution is -0.295. The number of hydrogen-bond acceptors (Lipinski definition) is 17. The standard InChI is InChI=1S/C75H81ClN2O17/c1-43-58(42-75(89)67(94-70(87)50-25-17-11-18-26-50)65-73(7,66(84)44(2)62(43)72(75,5)6)59(81)39-51-36-37-74(51,65)95-46(4)79)92-71(88)64(63(47-21-13-9-14-22-47)77-68(85)48-23-15-10-16-24-48)93-61(83)35-34-60(82)91-38-20-12-19-27-53(80)40-55-45(3)78(57-33-32-54(90-8)41-56(55)57)69(86)49-28-30-52(76)31-29-49/h9-11,13-18,21-26,28-33,41,44,51,58-59,63-65,67,81,89H,12,19-20,27,34-40,42H2,1-8H3,(H,77,85)/t44-,51-,58?,59+,63+,64?,65+,67+,73-,74+,75-/m1/s1. The van der Waals surface area contributed by atoms with Gasteiger partial charge in [-0.2, -0.15) is 0 Å². The second-order valence-electron chi connectivity index (χ2n) is 26.3. The summed E-state index contributed by atoms with van der Waals surface area (Å²) >= 11 is 6.10. The van der Waals surface area contributed by atoms with Gasteiger partial charge in [0.2, 0.25) is 6.10 Å². The van der Waals surface area contributed by atoms with E-state index in [0.29, 0.717) is 80.9 Å². The maximum Gasteiger partial charge on any atom is 0.350 e. The summed E-state index contributed by atoms with van der Waals surface area (Å²) in [6.07, 6.45) is -5.56. The molecule has 3 N–H and O–H groups in total. The van der Waals surface area contributed by atoms with Crippen LogP contribution in [-0.4, -0.2) is 117 Å². The number of aromatic nitrogens is 1. The van der Waals surface area contributed by atoms with Gasteiger partial charge >= 0.3 is 29.8 Å². The number of halogens is 1. The Morgan fingerprint density at radius 1 is 0.768 bits per heavy atom. The molecule has 19 nitrogen and oxygen atoms in total. The minimum atomic E-state index is -2.28. The molecule has 10 rings (SSSR count). The Kier molecular flexibility index (Phi) is 20.6. The van der Waals surface area contributed by atoms with Crippen molar-refractivity contribution in [2.24, 2.45) is 28.6 Å². The van der Waals surface area contributed by atoms with Gasteiger partial charge < -0.3 is 44.0 Å². The minimum Gasteiger partial charge on any atom is -0.497 e. The number of aliphatic hydroxyl groups excluding tert-OH is 1. The second kappa shape index (κ2) is 28.3. The molecule has 2 unspecified atom stereocenters. The first-order chi connectivity index (χ1) is 45.2. The number of Topliss-reactive ketones (excluding diaryl/α,β-unsaturated/α-hetero) is 2. The molecule has 4 aliphatic carbocycles. The molecule has 3 saturated carbocycles. The molecule has 20 heteroatoms. The second-order valence-corrected chi connectivity index (χ2v) is 26.8. The Balaban J connectivity index is 0.867. The minimum absolute atomic E-state index is 0.0281. The number of nitrogens with zero attached hydrogens (tertiary/aromatic N) is 1. The van der Waals surface area contributed by atoms with Gasteiger partial charge in [0.05, 0.1) is 55.1 Å². The first-order valence-corrected chi connectivity index (χ1v) is 32.7. The fourth-order valence-corrected chi connectivity index (χ4v) is 15.6. The van der Waals surface area contributed by atoms with E-state index in [-0.39, 0.29) is 55.1 Å². The van der Waals surface area contributed by atoms with Gasteiger partial charge in [0.25, 0.3) is 11.8 Å². The highest BCUT2D eigenvalue weighted by atomic mass is 35.5. The number of carbonyl (C=O) groups is 9. The molecule has 500 valence electrons. The summed E-state index contributed by atoms with van der Waals surface area (Å²) in [6, 6.07) is 34.9. The van der Waals surface area contributed by atoms with Crippen molar-refractivity contribution in [1.82, 2.24) is 9.88 Å². The molecule has 3 fully saturated rings. The first kappa shape index (κ1) is 69.1. The molecule has 5 aromatic carbocycles. The van der Waals surface area contributed by atoms with E-state index in [1.807, 2.05) is 6.07 Å². The van der Waals surface area contributed by atoms with Gasteiger partial charge in [-0.05, 0) is 148 Å². The van der Waals surface area contributed by atoms with Crippen LogP contribution in [0.25, 0.3) is 10.9 Å². The Bertz CT molecular complexity index is 3960. The van der Waals surface area contributed by atoms with E-state index in [9.17, 15) is 43.8 Å². The predicted molar refractivity (Wildman–Crippen MR) is 350 cm³/mol. The van der Waals surface area contributed by atoms with Crippen LogP contribution in [0.5, 0.6) is 5.75 Å². The Hall–Kier alpha value is -8.78. The van der Waals surface area contributed by atoms with Crippen molar-refractivity contribution in [3.05, 3.63) is 183 Å². The third-order valence-corrected chi connectivity index (χ3v) is 20.7. The molecule has 11 atom stereocenters. The number of nitrogens with one attached hydrogen (secondary N) is 1. The zero-order valence-corrected chi connectivity index (χ0v) is 55.4. The number of rotatable bonds is 23. The average Bonchev–Trinajstić information content (AvgIpc) is 1.10. The van der Waals surface area contributed by atoms with Gasteiger partial charge in [-0.1, -0.05) is 99.1 Å². The van der Waals surface area contributed by atoms with Crippen LogP contribution < -0.4 is 10.1 Å². The summed E-state index contributed by atoms with van der Waals surface area (Å²) in [7, 11) is 1.54. The number of ether oxygens (including phenoxy) is 6. The maximum absolute atomic E-state index is 15.7. The average molecular weight is 1320 g/mol. The summed E-state index contributed by atoms with van der Waals surface area (Å²) in [4.78, 5) is 128. The monoisotopic (exact) mass is 1320 g/mol. The molecule has 1 aromatic heterocycles. The topological polar surface area (TPSA) is 266 Å². The molecule has 4 aliphatic rings. The zero-order chi connectivity index (χ0) is 68.3. The molecular formula is C75H81ClN2O17. The summed E-state index contributed by atoms with van der Waals surface area (Å²) < 4.78 is 38.1. The van der Waals surface area contributed by atoms with Gasteiger partial charge in [-0.25, -0.2) is 9.59 Å². The van der Waals surface area contributed by atoms with Crippen molar-refractivity contribution in [1.29, 1.82) is 0 Å². The zero-order valence-electron chi connectivity index (χ0n) is 54.6. The third kappa shape index (κ3) is 13.5. The van der Waals surface area contributed by atoms with Crippen LogP contribution in [0.1, 0.15) is 160 Å². The number of ketones is 2. The SMILES string of the molecule is COc1ccc2c(c1)c(CC(=O)CCCCCOC(=O)CCC(=O)OC(C(=O)OC1C[C@@]3(O)[C@@H](OC(=O)c4ccccc4)[C@@H]4[C@]5(OC(C)=O)CC[C@@H]5C[C@H](O)[C@@]4(C)C(=O)[C@H](C)C(=C1C)C3(C)C)[C@@H](NC(=O)c1ccccc1)c1ccccc1)c(C)n2C(=O)c1ccc(Cl)cc1. The fraction of sp³-hybridized carbons (Fsp3) is 0.427. The number of amides is 1. The Morgan fingerprint density at radius 3 is 2.04 bits per heavy atom. The van der Waals surface area contributed by atoms with Crippen molar-refractivity contribution >= 4 is 75.7 Å². The Labute approximate surface area is 556 Å². The van der Waals surface area contributed by atoms with Crippen LogP contribution in [0.15, 0.2) is 145 Å². The summed E-state index contributed by atoms with van der Waals surface area (Å²) in [6.45, 7) is 11.3. The third-order valence-electron chi connectivity index (χ3n) is 20.5. The van der Waals surface area contributed by atoms with E-state index in [1.165, 1.54) is 19.1 Å². The molecular weight excluding hydrogens is 1240 g/mol. The number of fused-ring (bicyclic) bond motifs is 6. The number of aliphatic hydroxyl groups is 2. The lowest BCUT2D eigenvalue weighted by atomic mass is 9.40. The fourth-order valence-electron chi connectivity index (χ4n) is 15.4. The van der Waals surface area contributed by atoms with Crippen molar-refractivity contribution in [2.75, 3.05) is 13.7 Å². The van der Waals surface area contributed by atoms with E-state index in [0.717, 1.165) is 0 Å². The summed E-state index contributed by atoms with van der Waals surface area (Å²) in [5.74, 6) is -8.36. The molecule has 1 amide bonds. The van der Waals surface area contributed by atoms with Gasteiger partial charge in [0, 0.05) is 70.7 Å². The molecule has 0 saturated heterocycles. The molecule has 95 heavy (non-hydrogen) atoms. The molecule has 0 radical (unpaired) electrons. The van der Waals surface area contributed by atoms with Gasteiger partial charge in [0.15, 0.2) is 0 Å². The van der Waals surface area contributed by atoms with Crippen LogP contribution in [0.4, 0.5) is 0 Å². The Morgan fingerprint density at radius 2 is 1.41 bits per heavy atom. The summed E-state index contributed by atoms with van der Waals surface area (Å²) in [5.41, 5.74) is -3.36. The summed E-state index contributed by atoms with van der Waals surface area (Å²) in [5, 5.41) is 30.5. The van der Waals surface area contributed by atoms with Crippen LogP contribution in [0, 0.1) is 35.5 Å². The van der Waals surface area contributed by atoms with E-state index in [2.05, 4.69) is 5.32 Å². The lowest BCUT2D eigenvalue weighted by Crippen LogP contribution is -2.78. The van der Waals surface area contributed by atoms with Crippen molar-refractivity contribution < 1.29 is 81.8 Å². The molecule has 2 bridgehead atoms. The van der Waals surface area contributed by atoms with Gasteiger partial charge in [0.1, 0.15) is 46.8 Å². The number of hydrogen-bond donors (Lipinski definition) is 3. The van der Waals surface area contributed by atoms with Crippen molar-refractivity contribution in [3.63, 3.8) is 0 Å². The van der Waals surface area contributed by atoms with Gasteiger partial charge in [-0.3, -0.25) is 38.1 Å². The maximum atomic E-state index is 15.7. The number of methoxy groups -OCH3 is 1.